The molecule has 2 aromatic carbocycles. The van der Waals surface area contributed by atoms with Crippen LogP contribution < -0.4 is 10.6 Å². The van der Waals surface area contributed by atoms with Gasteiger partial charge in [-0.1, -0.05) is 63.7 Å². The van der Waals surface area contributed by atoms with Crippen LogP contribution in [0.2, 0.25) is 5.02 Å². The summed E-state index contributed by atoms with van der Waals surface area (Å²) in [6.45, 7) is 0. The van der Waals surface area contributed by atoms with Crippen molar-refractivity contribution in [2.24, 2.45) is 0 Å². The Morgan fingerprint density at radius 2 is 1.85 bits per heavy atom. The highest BCUT2D eigenvalue weighted by Crippen LogP contribution is 2.33. The highest BCUT2D eigenvalue weighted by Gasteiger charge is 2.11. The van der Waals surface area contributed by atoms with Gasteiger partial charge in [-0.3, -0.25) is 0 Å². The standard InChI is InChI=1S/C18H13ClIN5S/c19-12-6-11(9-20)7-14(8-12)23-16-15-17(22-10-21-16)25-18(26-15)24-13-4-2-1-3-5-13/h1-8,10H,9H2,(H2,21,22,23,24,25). The van der Waals surface area contributed by atoms with Gasteiger partial charge in [0.2, 0.25) is 0 Å². The Bertz CT molecular complexity index is 1050. The number of rotatable bonds is 5. The van der Waals surface area contributed by atoms with Crippen LogP contribution in [-0.4, -0.2) is 15.0 Å². The smallest absolute Gasteiger partial charge is 0.189 e. The second-order valence-electron chi connectivity index (χ2n) is 5.49. The zero-order valence-corrected chi connectivity index (χ0v) is 17.1. The average molecular weight is 494 g/mol. The fourth-order valence-electron chi connectivity index (χ4n) is 2.48. The SMILES string of the molecule is Clc1cc(CI)cc(Nc2ncnc3nc(Nc4ccccc4)sc23)c1. The molecule has 4 rings (SSSR count). The van der Waals surface area contributed by atoms with Crippen LogP contribution in [0.1, 0.15) is 5.56 Å². The van der Waals surface area contributed by atoms with Crippen molar-refractivity contribution in [3.05, 3.63) is 65.4 Å². The molecule has 0 spiro atoms. The fourth-order valence-corrected chi connectivity index (χ4v) is 4.06. The molecule has 0 saturated heterocycles. The molecule has 0 radical (unpaired) electrons. The summed E-state index contributed by atoms with van der Waals surface area (Å²) in [4.78, 5) is 13.2. The Labute approximate surface area is 173 Å². The van der Waals surface area contributed by atoms with E-state index >= 15 is 0 Å². The van der Waals surface area contributed by atoms with E-state index in [2.05, 4.69) is 54.2 Å². The normalized spacial score (nSPS) is 10.8. The Balaban J connectivity index is 1.66. The van der Waals surface area contributed by atoms with Gasteiger partial charge >= 0.3 is 0 Å². The number of aromatic nitrogens is 3. The van der Waals surface area contributed by atoms with Crippen LogP contribution >= 0.6 is 45.5 Å². The van der Waals surface area contributed by atoms with Crippen molar-refractivity contribution in [3.8, 4) is 0 Å². The Morgan fingerprint density at radius 3 is 2.65 bits per heavy atom. The number of para-hydroxylation sites is 1. The van der Waals surface area contributed by atoms with Crippen molar-refractivity contribution in [2.75, 3.05) is 10.6 Å². The summed E-state index contributed by atoms with van der Waals surface area (Å²) in [6, 6.07) is 15.8. The maximum atomic E-state index is 6.21. The molecule has 0 unspecified atom stereocenters. The van der Waals surface area contributed by atoms with E-state index in [4.69, 9.17) is 11.6 Å². The number of alkyl halides is 1. The first-order chi connectivity index (χ1) is 12.7. The fraction of sp³-hybridized carbons (Fsp3) is 0.0556. The van der Waals surface area contributed by atoms with E-state index in [0.717, 1.165) is 37.0 Å². The van der Waals surface area contributed by atoms with Crippen molar-refractivity contribution in [3.63, 3.8) is 0 Å². The topological polar surface area (TPSA) is 62.7 Å². The number of anilines is 4. The van der Waals surface area contributed by atoms with Crippen molar-refractivity contribution in [1.29, 1.82) is 0 Å². The van der Waals surface area contributed by atoms with E-state index in [1.165, 1.54) is 17.7 Å². The second-order valence-corrected chi connectivity index (χ2v) is 7.69. The van der Waals surface area contributed by atoms with Gasteiger partial charge in [-0.15, -0.1) is 0 Å². The van der Waals surface area contributed by atoms with Gasteiger partial charge in [-0.2, -0.15) is 4.98 Å². The third kappa shape index (κ3) is 3.89. The molecule has 0 amide bonds. The van der Waals surface area contributed by atoms with E-state index in [0.29, 0.717) is 10.7 Å². The third-order valence-electron chi connectivity index (χ3n) is 3.59. The maximum Gasteiger partial charge on any atom is 0.189 e. The van der Waals surface area contributed by atoms with Crippen LogP contribution in [0.3, 0.4) is 0 Å². The molecule has 0 aliphatic heterocycles. The van der Waals surface area contributed by atoms with Crippen LogP contribution in [0.25, 0.3) is 10.3 Å². The monoisotopic (exact) mass is 493 g/mol. The molecular formula is C18H13ClIN5S. The molecule has 0 saturated carbocycles. The minimum Gasteiger partial charge on any atom is -0.339 e. The van der Waals surface area contributed by atoms with Crippen molar-refractivity contribution < 1.29 is 0 Å². The molecular weight excluding hydrogens is 481 g/mol. The molecule has 0 aliphatic carbocycles. The molecule has 0 atom stereocenters. The van der Waals surface area contributed by atoms with Crippen LogP contribution in [0.5, 0.6) is 0 Å². The number of hydrogen-bond acceptors (Lipinski definition) is 6. The summed E-state index contributed by atoms with van der Waals surface area (Å²) in [6.07, 6.45) is 1.51. The second kappa shape index (κ2) is 7.73. The lowest BCUT2D eigenvalue weighted by molar-refractivity contribution is 1.20. The lowest BCUT2D eigenvalue weighted by Crippen LogP contribution is -1.95. The Kier molecular flexibility index (Phi) is 5.18. The Hall–Kier alpha value is -1.97. The van der Waals surface area contributed by atoms with Gasteiger partial charge < -0.3 is 10.6 Å². The first-order valence-corrected chi connectivity index (χ1v) is 10.5. The van der Waals surface area contributed by atoms with Crippen molar-refractivity contribution >= 4 is 78.2 Å². The summed E-state index contributed by atoms with van der Waals surface area (Å²) in [5, 5.41) is 8.11. The highest BCUT2D eigenvalue weighted by atomic mass is 127. The minimum atomic E-state index is 0.655. The number of halogens is 2. The molecule has 130 valence electrons. The van der Waals surface area contributed by atoms with Crippen LogP contribution in [0, 0.1) is 0 Å². The van der Waals surface area contributed by atoms with Crippen LogP contribution in [-0.2, 0) is 4.43 Å². The lowest BCUT2D eigenvalue weighted by atomic mass is 10.2. The predicted molar refractivity (Wildman–Crippen MR) is 117 cm³/mol. The molecule has 0 fully saturated rings. The molecule has 2 aromatic heterocycles. The largest absolute Gasteiger partial charge is 0.339 e. The molecule has 8 heteroatoms. The number of hydrogen-bond donors (Lipinski definition) is 2. The zero-order valence-electron chi connectivity index (χ0n) is 13.4. The molecule has 26 heavy (non-hydrogen) atoms. The van der Waals surface area contributed by atoms with Gasteiger partial charge in [-0.05, 0) is 35.9 Å². The number of fused-ring (bicyclic) bond motifs is 1. The number of nitrogens with one attached hydrogen (secondary N) is 2. The van der Waals surface area contributed by atoms with E-state index in [-0.39, 0.29) is 0 Å². The van der Waals surface area contributed by atoms with Gasteiger partial charge in [-0.25, -0.2) is 9.97 Å². The molecule has 5 nitrogen and oxygen atoms in total. The highest BCUT2D eigenvalue weighted by molar-refractivity contribution is 14.1. The van der Waals surface area contributed by atoms with E-state index < -0.39 is 0 Å². The first-order valence-electron chi connectivity index (χ1n) is 7.77. The van der Waals surface area contributed by atoms with Gasteiger partial charge in [0, 0.05) is 20.8 Å². The third-order valence-corrected chi connectivity index (χ3v) is 5.66. The molecule has 2 heterocycles. The molecule has 4 aromatic rings. The zero-order chi connectivity index (χ0) is 17.9. The maximum absolute atomic E-state index is 6.21. The summed E-state index contributed by atoms with van der Waals surface area (Å²) < 4.78 is 1.78. The number of nitrogens with zero attached hydrogens (tertiary/aromatic N) is 3. The molecule has 0 aliphatic rings. The number of benzene rings is 2. The van der Waals surface area contributed by atoms with Crippen LogP contribution in [0.15, 0.2) is 54.9 Å². The minimum absolute atomic E-state index is 0.655. The lowest BCUT2D eigenvalue weighted by Gasteiger charge is -2.08. The Morgan fingerprint density at radius 1 is 1.00 bits per heavy atom. The molecule has 0 bridgehead atoms. The first kappa shape index (κ1) is 17.4. The van der Waals surface area contributed by atoms with Gasteiger partial charge in [0.25, 0.3) is 0 Å². The van der Waals surface area contributed by atoms with E-state index in [1.807, 2.05) is 42.5 Å². The molecule has 2 N–H and O–H groups in total. The summed E-state index contributed by atoms with van der Waals surface area (Å²) in [5.41, 5.74) is 3.69. The van der Waals surface area contributed by atoms with Gasteiger partial charge in [0.15, 0.2) is 16.6 Å². The average Bonchev–Trinajstić information content (AvgIpc) is 3.05. The van der Waals surface area contributed by atoms with Gasteiger partial charge in [0.1, 0.15) is 11.0 Å². The van der Waals surface area contributed by atoms with Crippen molar-refractivity contribution in [1.82, 2.24) is 15.0 Å². The quantitative estimate of drug-likeness (QED) is 0.257. The number of thiazole rings is 1. The summed E-state index contributed by atoms with van der Waals surface area (Å²) >= 11 is 10.0. The van der Waals surface area contributed by atoms with Crippen molar-refractivity contribution in [2.45, 2.75) is 4.43 Å². The summed E-state index contributed by atoms with van der Waals surface area (Å²) in [7, 11) is 0. The van der Waals surface area contributed by atoms with E-state index in [9.17, 15) is 0 Å². The van der Waals surface area contributed by atoms with Crippen LogP contribution in [0.4, 0.5) is 22.3 Å². The summed E-state index contributed by atoms with van der Waals surface area (Å²) in [5.74, 6) is 0.718. The van der Waals surface area contributed by atoms with Gasteiger partial charge in [0.05, 0.1) is 0 Å². The van der Waals surface area contributed by atoms with E-state index in [1.54, 1.807) is 0 Å². The predicted octanol–water partition coefficient (Wildman–Crippen LogP) is 6.16.